The van der Waals surface area contributed by atoms with Crippen LogP contribution in [0, 0.1) is 26.6 Å². The van der Waals surface area contributed by atoms with Crippen LogP contribution < -0.4 is 5.32 Å². The lowest BCUT2D eigenvalue weighted by atomic mass is 9.90. The van der Waals surface area contributed by atoms with Crippen LogP contribution in [-0.2, 0) is 6.42 Å². The van der Waals surface area contributed by atoms with Crippen LogP contribution in [0.15, 0.2) is 36.4 Å². The summed E-state index contributed by atoms with van der Waals surface area (Å²) in [5.41, 5.74) is 6.46. The number of hydrogen-bond acceptors (Lipinski definition) is 1. The van der Waals surface area contributed by atoms with E-state index in [2.05, 4.69) is 45.1 Å². The summed E-state index contributed by atoms with van der Waals surface area (Å²) >= 11 is 0. The van der Waals surface area contributed by atoms with Gasteiger partial charge in [0.15, 0.2) is 0 Å². The van der Waals surface area contributed by atoms with E-state index in [4.69, 9.17) is 0 Å². The van der Waals surface area contributed by atoms with Crippen LogP contribution in [0.4, 0.5) is 4.39 Å². The zero-order valence-electron chi connectivity index (χ0n) is 13.3. The number of nitrogens with one attached hydrogen (secondary N) is 1. The Morgan fingerprint density at radius 3 is 2.10 bits per heavy atom. The molecule has 1 unspecified atom stereocenters. The van der Waals surface area contributed by atoms with E-state index < -0.39 is 0 Å². The van der Waals surface area contributed by atoms with Crippen molar-refractivity contribution in [2.45, 2.75) is 40.2 Å². The van der Waals surface area contributed by atoms with Crippen molar-refractivity contribution in [2.75, 3.05) is 6.54 Å². The first-order valence-electron chi connectivity index (χ1n) is 7.56. The van der Waals surface area contributed by atoms with Crippen molar-refractivity contribution in [3.05, 3.63) is 70.0 Å². The Labute approximate surface area is 127 Å². The molecule has 112 valence electrons. The molecule has 0 aliphatic rings. The normalized spacial score (nSPS) is 12.4. The molecule has 0 saturated heterocycles. The summed E-state index contributed by atoms with van der Waals surface area (Å²) in [6.07, 6.45) is 0.874. The minimum atomic E-state index is -0.179. The SMILES string of the molecule is CCNC(Cc1ccc(F)cc1)c1c(C)cc(C)cc1C. The number of aryl methyl sites for hydroxylation is 3. The van der Waals surface area contributed by atoms with Gasteiger partial charge >= 0.3 is 0 Å². The van der Waals surface area contributed by atoms with Gasteiger partial charge in [-0.05, 0) is 68.1 Å². The molecule has 0 saturated carbocycles. The van der Waals surface area contributed by atoms with Crippen LogP contribution in [0.25, 0.3) is 0 Å². The third kappa shape index (κ3) is 3.92. The van der Waals surface area contributed by atoms with Crippen molar-refractivity contribution in [1.29, 1.82) is 0 Å². The minimum absolute atomic E-state index is 0.179. The predicted molar refractivity (Wildman–Crippen MR) is 87.2 cm³/mol. The molecule has 0 aromatic heterocycles. The first-order chi connectivity index (χ1) is 10.0. The highest BCUT2D eigenvalue weighted by molar-refractivity contribution is 5.40. The molecule has 1 nitrogen and oxygen atoms in total. The summed E-state index contributed by atoms with van der Waals surface area (Å²) < 4.78 is 13.1. The average Bonchev–Trinajstić information content (AvgIpc) is 2.40. The van der Waals surface area contributed by atoms with Crippen LogP contribution in [0.5, 0.6) is 0 Å². The third-order valence-corrected chi connectivity index (χ3v) is 3.89. The fraction of sp³-hybridized carbons (Fsp3) is 0.368. The van der Waals surface area contributed by atoms with Crippen LogP contribution in [-0.4, -0.2) is 6.54 Å². The first kappa shape index (κ1) is 15.7. The summed E-state index contributed by atoms with van der Waals surface area (Å²) in [7, 11) is 0. The van der Waals surface area contributed by atoms with E-state index in [0.717, 1.165) is 18.5 Å². The lowest BCUT2D eigenvalue weighted by Gasteiger charge is -2.23. The van der Waals surface area contributed by atoms with E-state index in [0.29, 0.717) is 0 Å². The second-order valence-corrected chi connectivity index (χ2v) is 5.75. The summed E-state index contributed by atoms with van der Waals surface area (Å²) in [5.74, 6) is -0.179. The number of halogens is 1. The molecular weight excluding hydrogens is 261 g/mol. The van der Waals surface area contributed by atoms with Gasteiger partial charge in [0, 0.05) is 6.04 Å². The maximum Gasteiger partial charge on any atom is 0.123 e. The molecule has 0 radical (unpaired) electrons. The van der Waals surface area contributed by atoms with Gasteiger partial charge in [0.05, 0.1) is 0 Å². The lowest BCUT2D eigenvalue weighted by molar-refractivity contribution is 0.543. The Morgan fingerprint density at radius 1 is 1.00 bits per heavy atom. The van der Waals surface area contributed by atoms with Gasteiger partial charge < -0.3 is 5.32 Å². The molecule has 1 atom stereocenters. The van der Waals surface area contributed by atoms with Gasteiger partial charge in [-0.3, -0.25) is 0 Å². The van der Waals surface area contributed by atoms with Crippen molar-refractivity contribution in [3.63, 3.8) is 0 Å². The average molecular weight is 285 g/mol. The molecule has 0 amide bonds. The second kappa shape index (κ2) is 6.86. The fourth-order valence-electron chi connectivity index (χ4n) is 3.12. The van der Waals surface area contributed by atoms with Crippen LogP contribution in [0.1, 0.15) is 40.8 Å². The number of hydrogen-bond donors (Lipinski definition) is 1. The zero-order valence-corrected chi connectivity index (χ0v) is 13.3. The summed E-state index contributed by atoms with van der Waals surface area (Å²) in [6.45, 7) is 9.51. The minimum Gasteiger partial charge on any atom is -0.310 e. The van der Waals surface area contributed by atoms with Crippen molar-refractivity contribution < 1.29 is 4.39 Å². The molecule has 0 heterocycles. The highest BCUT2D eigenvalue weighted by Gasteiger charge is 2.16. The van der Waals surface area contributed by atoms with Crippen LogP contribution >= 0.6 is 0 Å². The largest absolute Gasteiger partial charge is 0.310 e. The molecule has 0 aliphatic carbocycles. The fourth-order valence-corrected chi connectivity index (χ4v) is 3.12. The Balaban J connectivity index is 2.33. The van der Waals surface area contributed by atoms with Crippen molar-refractivity contribution in [3.8, 4) is 0 Å². The summed E-state index contributed by atoms with van der Waals surface area (Å²) in [4.78, 5) is 0. The molecular formula is C19H24FN. The zero-order chi connectivity index (χ0) is 15.4. The molecule has 2 heteroatoms. The second-order valence-electron chi connectivity index (χ2n) is 5.75. The Bertz CT molecular complexity index is 578. The van der Waals surface area contributed by atoms with Crippen LogP contribution in [0.2, 0.25) is 0 Å². The number of rotatable bonds is 5. The van der Waals surface area contributed by atoms with Gasteiger partial charge in [-0.25, -0.2) is 4.39 Å². The van der Waals surface area contributed by atoms with Gasteiger partial charge in [-0.2, -0.15) is 0 Å². The van der Waals surface area contributed by atoms with Crippen molar-refractivity contribution in [2.24, 2.45) is 0 Å². The molecule has 2 aromatic carbocycles. The molecule has 1 N–H and O–H groups in total. The number of benzene rings is 2. The topological polar surface area (TPSA) is 12.0 Å². The van der Waals surface area contributed by atoms with E-state index in [1.54, 1.807) is 0 Å². The third-order valence-electron chi connectivity index (χ3n) is 3.89. The van der Waals surface area contributed by atoms with E-state index >= 15 is 0 Å². The molecule has 0 spiro atoms. The molecule has 2 rings (SSSR count). The Hall–Kier alpha value is -1.67. The molecule has 0 bridgehead atoms. The monoisotopic (exact) mass is 285 g/mol. The van der Waals surface area contributed by atoms with Gasteiger partial charge in [0.25, 0.3) is 0 Å². The van der Waals surface area contributed by atoms with E-state index in [9.17, 15) is 4.39 Å². The Morgan fingerprint density at radius 2 is 1.57 bits per heavy atom. The molecule has 0 fully saturated rings. The van der Waals surface area contributed by atoms with Gasteiger partial charge in [-0.1, -0.05) is 36.8 Å². The summed E-state index contributed by atoms with van der Waals surface area (Å²) in [5, 5.41) is 3.57. The van der Waals surface area contributed by atoms with E-state index in [-0.39, 0.29) is 11.9 Å². The quantitative estimate of drug-likeness (QED) is 0.843. The smallest absolute Gasteiger partial charge is 0.123 e. The number of likely N-dealkylation sites (N-methyl/N-ethyl adjacent to an activating group) is 1. The first-order valence-corrected chi connectivity index (χ1v) is 7.56. The highest BCUT2D eigenvalue weighted by Crippen LogP contribution is 2.26. The highest BCUT2D eigenvalue weighted by atomic mass is 19.1. The molecule has 0 aliphatic heterocycles. The lowest BCUT2D eigenvalue weighted by Crippen LogP contribution is -2.24. The van der Waals surface area contributed by atoms with Gasteiger partial charge in [-0.15, -0.1) is 0 Å². The van der Waals surface area contributed by atoms with Gasteiger partial charge in [0.2, 0.25) is 0 Å². The summed E-state index contributed by atoms with van der Waals surface area (Å²) in [6, 6.07) is 11.5. The molecule has 2 aromatic rings. The van der Waals surface area contributed by atoms with E-state index in [1.807, 2.05) is 12.1 Å². The maximum absolute atomic E-state index is 13.1. The maximum atomic E-state index is 13.1. The molecule has 21 heavy (non-hydrogen) atoms. The standard InChI is InChI=1S/C19H24FN/c1-5-21-18(12-16-6-8-17(20)9-7-16)19-14(3)10-13(2)11-15(19)4/h6-11,18,21H,5,12H2,1-4H3. The van der Waals surface area contributed by atoms with Gasteiger partial charge in [0.1, 0.15) is 5.82 Å². The Kier molecular flexibility index (Phi) is 5.13. The van der Waals surface area contributed by atoms with Crippen LogP contribution in [0.3, 0.4) is 0 Å². The van der Waals surface area contributed by atoms with E-state index in [1.165, 1.54) is 34.4 Å². The van der Waals surface area contributed by atoms with Crippen molar-refractivity contribution in [1.82, 2.24) is 5.32 Å². The van der Waals surface area contributed by atoms with Crippen molar-refractivity contribution >= 4 is 0 Å². The predicted octanol–water partition coefficient (Wildman–Crippen LogP) is 4.64.